The second-order valence-electron chi connectivity index (χ2n) is 9.05. The van der Waals surface area contributed by atoms with Crippen LogP contribution < -0.4 is 9.47 Å². The molecule has 1 saturated carbocycles. The standard InChI is InChI=1S/C26H29N3O5/c1-33-21-14-18-12-13-27(23(17-8-4-3-5-9-17)20(18)15-22(21)34-2)16-28-24(30)25(31)29(26(28)32)19-10-6-7-11-19/h3-5,8-9,14-15,19,23H,6-7,10-13,16H2,1-2H3/t23-/m1/s1. The molecule has 0 N–H and O–H groups in total. The third-order valence-electron chi connectivity index (χ3n) is 7.19. The molecule has 2 heterocycles. The highest BCUT2D eigenvalue weighted by atomic mass is 16.5. The van der Waals surface area contributed by atoms with Crippen LogP contribution in [0.3, 0.4) is 0 Å². The van der Waals surface area contributed by atoms with Gasteiger partial charge < -0.3 is 9.47 Å². The predicted molar refractivity (Wildman–Crippen MR) is 124 cm³/mol. The van der Waals surface area contributed by atoms with Crippen LogP contribution in [0.2, 0.25) is 0 Å². The Kier molecular flexibility index (Phi) is 6.00. The summed E-state index contributed by atoms with van der Waals surface area (Å²) >= 11 is 0. The molecule has 8 heteroatoms. The van der Waals surface area contributed by atoms with Crippen LogP contribution in [-0.2, 0) is 16.0 Å². The smallest absolute Gasteiger partial charge is 0.335 e. The van der Waals surface area contributed by atoms with Crippen LogP contribution in [0.4, 0.5) is 4.79 Å². The molecule has 178 valence electrons. The molecule has 1 aliphatic carbocycles. The maximum atomic E-state index is 13.2. The number of benzene rings is 2. The minimum atomic E-state index is -0.734. The molecule has 0 unspecified atom stereocenters. The Hall–Kier alpha value is -3.39. The number of methoxy groups -OCH3 is 2. The number of imide groups is 2. The van der Waals surface area contributed by atoms with Crippen molar-refractivity contribution in [3.63, 3.8) is 0 Å². The first-order chi connectivity index (χ1) is 16.5. The first-order valence-corrected chi connectivity index (χ1v) is 11.8. The summed E-state index contributed by atoms with van der Waals surface area (Å²) in [6.07, 6.45) is 4.20. The second kappa shape index (κ2) is 9.10. The molecule has 3 aliphatic rings. The monoisotopic (exact) mass is 463 g/mol. The molecule has 2 aromatic carbocycles. The van der Waals surface area contributed by atoms with Crippen LogP contribution in [0.5, 0.6) is 11.5 Å². The zero-order chi connectivity index (χ0) is 23.8. The van der Waals surface area contributed by atoms with Gasteiger partial charge in [-0.25, -0.2) is 9.69 Å². The van der Waals surface area contributed by atoms with E-state index in [0.717, 1.165) is 53.7 Å². The summed E-state index contributed by atoms with van der Waals surface area (Å²) in [6.45, 7) is 0.677. The minimum absolute atomic E-state index is 0.0555. The molecule has 2 aromatic rings. The highest BCUT2D eigenvalue weighted by Crippen LogP contribution is 2.41. The lowest BCUT2D eigenvalue weighted by Crippen LogP contribution is -2.47. The SMILES string of the molecule is COc1cc2c(cc1OC)[C@@H](c1ccccc1)N(CN1C(=O)C(=O)N(C3CCCC3)C1=O)CC2. The van der Waals surface area contributed by atoms with Crippen molar-refractivity contribution in [2.45, 2.75) is 44.2 Å². The lowest BCUT2D eigenvalue weighted by molar-refractivity contribution is -0.144. The van der Waals surface area contributed by atoms with Crippen LogP contribution in [0, 0.1) is 0 Å². The van der Waals surface area contributed by atoms with Gasteiger partial charge in [-0.2, -0.15) is 0 Å². The number of carbonyl (C=O) groups is 3. The summed E-state index contributed by atoms with van der Waals surface area (Å²) in [7, 11) is 3.22. The van der Waals surface area contributed by atoms with E-state index in [1.54, 1.807) is 14.2 Å². The van der Waals surface area contributed by atoms with Crippen molar-refractivity contribution in [3.8, 4) is 11.5 Å². The number of ether oxygens (including phenoxy) is 2. The number of hydrogen-bond donors (Lipinski definition) is 0. The Morgan fingerprint density at radius 1 is 0.912 bits per heavy atom. The summed E-state index contributed by atoms with van der Waals surface area (Å²) in [5.74, 6) is -0.136. The quantitative estimate of drug-likeness (QED) is 0.483. The number of rotatable bonds is 6. The van der Waals surface area contributed by atoms with E-state index < -0.39 is 17.8 Å². The predicted octanol–water partition coefficient (Wildman–Crippen LogP) is 3.34. The average Bonchev–Trinajstić information content (AvgIpc) is 3.46. The van der Waals surface area contributed by atoms with Crippen LogP contribution in [-0.4, -0.2) is 66.0 Å². The number of carbonyl (C=O) groups excluding carboxylic acids is 3. The van der Waals surface area contributed by atoms with E-state index in [1.165, 1.54) is 4.90 Å². The number of amides is 4. The summed E-state index contributed by atoms with van der Waals surface area (Å²) in [4.78, 5) is 43.2. The summed E-state index contributed by atoms with van der Waals surface area (Å²) in [5, 5.41) is 0. The Bertz CT molecular complexity index is 1110. The number of nitrogens with zero attached hydrogens (tertiary/aromatic N) is 3. The van der Waals surface area contributed by atoms with E-state index in [1.807, 2.05) is 42.5 Å². The van der Waals surface area contributed by atoms with Gasteiger partial charge in [0.1, 0.15) is 0 Å². The molecule has 0 aromatic heterocycles. The average molecular weight is 464 g/mol. The van der Waals surface area contributed by atoms with Gasteiger partial charge in [0.2, 0.25) is 0 Å². The Labute approximate surface area is 199 Å². The molecular formula is C26H29N3O5. The van der Waals surface area contributed by atoms with Gasteiger partial charge in [-0.1, -0.05) is 43.2 Å². The number of hydrogen-bond acceptors (Lipinski definition) is 6. The number of urea groups is 1. The van der Waals surface area contributed by atoms with Gasteiger partial charge in [-0.15, -0.1) is 0 Å². The van der Waals surface area contributed by atoms with Crippen molar-refractivity contribution in [1.82, 2.24) is 14.7 Å². The molecule has 0 radical (unpaired) electrons. The Morgan fingerprint density at radius 3 is 2.26 bits per heavy atom. The Morgan fingerprint density at radius 2 is 1.59 bits per heavy atom. The zero-order valence-corrected chi connectivity index (χ0v) is 19.5. The molecule has 1 saturated heterocycles. The van der Waals surface area contributed by atoms with Gasteiger partial charge in [-0.3, -0.25) is 19.4 Å². The maximum absolute atomic E-state index is 13.2. The second-order valence-corrected chi connectivity index (χ2v) is 9.05. The van der Waals surface area contributed by atoms with Crippen molar-refractivity contribution < 1.29 is 23.9 Å². The van der Waals surface area contributed by atoms with E-state index in [2.05, 4.69) is 4.90 Å². The molecule has 2 fully saturated rings. The molecule has 8 nitrogen and oxygen atoms in total. The third-order valence-corrected chi connectivity index (χ3v) is 7.19. The highest BCUT2D eigenvalue weighted by molar-refractivity contribution is 6.44. The molecule has 0 spiro atoms. The fourth-order valence-electron chi connectivity index (χ4n) is 5.49. The van der Waals surface area contributed by atoms with Gasteiger partial charge in [0.15, 0.2) is 11.5 Å². The van der Waals surface area contributed by atoms with E-state index >= 15 is 0 Å². The third kappa shape index (κ3) is 3.72. The first-order valence-electron chi connectivity index (χ1n) is 11.8. The van der Waals surface area contributed by atoms with Gasteiger partial charge in [0, 0.05) is 12.6 Å². The van der Waals surface area contributed by atoms with Gasteiger partial charge in [-0.05, 0) is 48.1 Å². The van der Waals surface area contributed by atoms with Crippen molar-refractivity contribution in [3.05, 3.63) is 59.2 Å². The molecule has 4 amide bonds. The van der Waals surface area contributed by atoms with E-state index in [-0.39, 0.29) is 18.8 Å². The fraction of sp³-hybridized carbons (Fsp3) is 0.423. The lowest BCUT2D eigenvalue weighted by atomic mass is 9.88. The van der Waals surface area contributed by atoms with Crippen LogP contribution in [0.1, 0.15) is 48.4 Å². The molecule has 34 heavy (non-hydrogen) atoms. The Balaban J connectivity index is 1.49. The van der Waals surface area contributed by atoms with E-state index in [4.69, 9.17) is 9.47 Å². The minimum Gasteiger partial charge on any atom is -0.493 e. The van der Waals surface area contributed by atoms with Crippen molar-refractivity contribution in [2.75, 3.05) is 27.4 Å². The highest BCUT2D eigenvalue weighted by Gasteiger charge is 2.49. The maximum Gasteiger partial charge on any atom is 0.335 e. The van der Waals surface area contributed by atoms with Crippen molar-refractivity contribution >= 4 is 17.8 Å². The molecule has 0 bridgehead atoms. The fourth-order valence-corrected chi connectivity index (χ4v) is 5.49. The van der Waals surface area contributed by atoms with Crippen molar-refractivity contribution in [2.24, 2.45) is 0 Å². The summed E-state index contributed by atoms with van der Waals surface area (Å²) in [6, 6.07) is 13.1. The summed E-state index contributed by atoms with van der Waals surface area (Å²) in [5.41, 5.74) is 3.20. The van der Waals surface area contributed by atoms with Crippen LogP contribution in [0.25, 0.3) is 0 Å². The normalized spacial score (nSPS) is 21.4. The summed E-state index contributed by atoms with van der Waals surface area (Å²) < 4.78 is 11.1. The topological polar surface area (TPSA) is 79.4 Å². The molecule has 1 atom stereocenters. The van der Waals surface area contributed by atoms with Gasteiger partial charge >= 0.3 is 17.8 Å². The first kappa shape index (κ1) is 22.4. The lowest BCUT2D eigenvalue weighted by Gasteiger charge is -2.39. The van der Waals surface area contributed by atoms with E-state index in [9.17, 15) is 14.4 Å². The largest absolute Gasteiger partial charge is 0.493 e. The molecular weight excluding hydrogens is 434 g/mol. The van der Waals surface area contributed by atoms with Gasteiger partial charge in [0.05, 0.1) is 26.9 Å². The van der Waals surface area contributed by atoms with Gasteiger partial charge in [0.25, 0.3) is 0 Å². The van der Waals surface area contributed by atoms with Crippen molar-refractivity contribution in [1.29, 1.82) is 0 Å². The van der Waals surface area contributed by atoms with Crippen LogP contribution >= 0.6 is 0 Å². The molecule has 2 aliphatic heterocycles. The van der Waals surface area contributed by atoms with Crippen LogP contribution in [0.15, 0.2) is 42.5 Å². The zero-order valence-electron chi connectivity index (χ0n) is 19.5. The van der Waals surface area contributed by atoms with E-state index in [0.29, 0.717) is 18.0 Å². The molecule has 5 rings (SSSR count). The number of fused-ring (bicyclic) bond motifs is 1.